The number of sulfonamides is 1. The lowest BCUT2D eigenvalue weighted by Gasteiger charge is -2.30. The van der Waals surface area contributed by atoms with E-state index < -0.39 is 27.6 Å². The van der Waals surface area contributed by atoms with Gasteiger partial charge in [-0.2, -0.15) is 9.29 Å². The number of benzene rings is 1. The number of carbonyl (C=O) groups is 1. The minimum absolute atomic E-state index is 0.159. The Hall–Kier alpha value is -2.70. The van der Waals surface area contributed by atoms with Gasteiger partial charge in [-0.3, -0.25) is 4.79 Å². The van der Waals surface area contributed by atoms with Gasteiger partial charge in [0.2, 0.25) is 17.6 Å². The maximum atomic E-state index is 13.4. The molecular weight excluding hydrogens is 486 g/mol. The van der Waals surface area contributed by atoms with Crippen molar-refractivity contribution in [3.8, 4) is 11.4 Å². The number of carbonyl (C=O) groups excluding carboxylic acids is 1. The van der Waals surface area contributed by atoms with Gasteiger partial charge in [-0.15, -0.1) is 11.3 Å². The number of thiophene rings is 1. The van der Waals surface area contributed by atoms with E-state index in [0.717, 1.165) is 42.7 Å². The van der Waals surface area contributed by atoms with Crippen molar-refractivity contribution < 1.29 is 26.5 Å². The number of anilines is 1. The largest absolute Gasteiger partial charge is 0.339 e. The Morgan fingerprint density at radius 2 is 1.88 bits per heavy atom. The van der Waals surface area contributed by atoms with Crippen LogP contribution in [-0.4, -0.2) is 41.9 Å². The van der Waals surface area contributed by atoms with Gasteiger partial charge in [0.1, 0.15) is 4.21 Å². The van der Waals surface area contributed by atoms with Crippen LogP contribution in [0.4, 0.5) is 14.5 Å². The van der Waals surface area contributed by atoms with E-state index in [1.807, 2.05) is 0 Å². The predicted molar refractivity (Wildman–Crippen MR) is 121 cm³/mol. The summed E-state index contributed by atoms with van der Waals surface area (Å²) in [5.74, 6) is -1.54. The third kappa shape index (κ3) is 4.49. The Balaban J connectivity index is 1.21. The van der Waals surface area contributed by atoms with Gasteiger partial charge in [0.15, 0.2) is 11.6 Å². The van der Waals surface area contributed by atoms with E-state index in [2.05, 4.69) is 15.5 Å². The summed E-state index contributed by atoms with van der Waals surface area (Å²) >= 11 is 1.10. The topological polar surface area (TPSA) is 105 Å². The number of piperidine rings is 1. The molecule has 180 valence electrons. The molecule has 34 heavy (non-hydrogen) atoms. The normalized spacial score (nSPS) is 18.1. The van der Waals surface area contributed by atoms with Gasteiger partial charge in [0, 0.05) is 47.6 Å². The zero-order valence-corrected chi connectivity index (χ0v) is 19.7. The average Bonchev–Trinajstić information content (AvgIpc) is 3.45. The summed E-state index contributed by atoms with van der Waals surface area (Å²) in [6.07, 6.45) is 3.84. The minimum atomic E-state index is -3.73. The SMILES string of the molecule is O=C(Nc1ccc(F)c(F)c1)C1CCN(S(=O)(=O)c2cc(-c3noc(C4CCC4)n3)cs2)CC1. The summed E-state index contributed by atoms with van der Waals surface area (Å²) in [7, 11) is -3.73. The van der Waals surface area contributed by atoms with Gasteiger partial charge < -0.3 is 9.84 Å². The molecule has 1 saturated heterocycles. The van der Waals surface area contributed by atoms with E-state index in [1.54, 1.807) is 11.4 Å². The highest BCUT2D eigenvalue weighted by molar-refractivity contribution is 7.91. The van der Waals surface area contributed by atoms with E-state index >= 15 is 0 Å². The van der Waals surface area contributed by atoms with Crippen LogP contribution in [0.15, 0.2) is 38.4 Å². The Kier molecular flexibility index (Phi) is 6.21. The van der Waals surface area contributed by atoms with Crippen LogP contribution in [0.5, 0.6) is 0 Å². The molecule has 2 aliphatic rings. The van der Waals surface area contributed by atoms with Gasteiger partial charge in [-0.05, 0) is 43.9 Å². The molecule has 1 aromatic carbocycles. The van der Waals surface area contributed by atoms with Crippen molar-refractivity contribution in [2.45, 2.75) is 42.2 Å². The molecule has 3 heterocycles. The minimum Gasteiger partial charge on any atom is -0.339 e. The molecule has 1 N–H and O–H groups in total. The van der Waals surface area contributed by atoms with Crippen LogP contribution in [0.25, 0.3) is 11.4 Å². The summed E-state index contributed by atoms with van der Waals surface area (Å²) in [5, 5.41) is 8.26. The first kappa shape index (κ1) is 23.1. The van der Waals surface area contributed by atoms with Gasteiger partial charge in [-0.1, -0.05) is 11.6 Å². The van der Waals surface area contributed by atoms with Crippen LogP contribution in [0.1, 0.15) is 43.9 Å². The average molecular weight is 509 g/mol. The number of amides is 1. The lowest BCUT2D eigenvalue weighted by Crippen LogP contribution is -2.41. The van der Waals surface area contributed by atoms with Crippen LogP contribution >= 0.6 is 11.3 Å². The summed E-state index contributed by atoms with van der Waals surface area (Å²) in [4.78, 5) is 16.9. The quantitative estimate of drug-likeness (QED) is 0.530. The van der Waals surface area contributed by atoms with Crippen molar-refractivity contribution in [2.24, 2.45) is 5.92 Å². The molecular formula is C22H22F2N4O4S2. The number of hydrogen-bond donors (Lipinski definition) is 1. The van der Waals surface area contributed by atoms with E-state index in [0.29, 0.717) is 36.0 Å². The standard InChI is InChI=1S/C22H22F2N4O4S2/c23-17-5-4-16(11-18(17)24)25-21(29)13-6-8-28(9-7-13)34(30,31)19-10-15(12-33-19)20-26-22(32-27-20)14-2-1-3-14/h4-5,10-14H,1-3,6-9H2,(H,25,29). The summed E-state index contributed by atoms with van der Waals surface area (Å²) in [6.45, 7) is 0.360. The molecule has 2 fully saturated rings. The molecule has 1 aliphatic carbocycles. The summed E-state index contributed by atoms with van der Waals surface area (Å²) in [5.41, 5.74) is 0.755. The molecule has 0 atom stereocenters. The van der Waals surface area contributed by atoms with Gasteiger partial charge >= 0.3 is 0 Å². The Bertz CT molecular complexity index is 1310. The highest BCUT2D eigenvalue weighted by atomic mass is 32.2. The lowest BCUT2D eigenvalue weighted by molar-refractivity contribution is -0.120. The van der Waals surface area contributed by atoms with Gasteiger partial charge in [-0.25, -0.2) is 17.2 Å². The Labute approximate surface area is 199 Å². The van der Waals surface area contributed by atoms with Crippen LogP contribution < -0.4 is 5.32 Å². The fourth-order valence-electron chi connectivity index (χ4n) is 4.05. The van der Waals surface area contributed by atoms with Crippen LogP contribution in [0, 0.1) is 17.6 Å². The highest BCUT2D eigenvalue weighted by Gasteiger charge is 2.33. The van der Waals surface area contributed by atoms with Gasteiger partial charge in [0.05, 0.1) is 0 Å². The smallest absolute Gasteiger partial charge is 0.252 e. The maximum absolute atomic E-state index is 13.4. The van der Waals surface area contributed by atoms with Crippen molar-refractivity contribution in [2.75, 3.05) is 18.4 Å². The zero-order chi connectivity index (χ0) is 23.9. The molecule has 1 saturated carbocycles. The number of nitrogens with one attached hydrogen (secondary N) is 1. The fraction of sp³-hybridized carbons (Fsp3) is 0.409. The summed E-state index contributed by atoms with van der Waals surface area (Å²) < 4.78 is 59.6. The second kappa shape index (κ2) is 9.16. The number of rotatable bonds is 6. The van der Waals surface area contributed by atoms with Crippen molar-refractivity contribution in [1.82, 2.24) is 14.4 Å². The van der Waals surface area contributed by atoms with Gasteiger partial charge in [0.25, 0.3) is 10.0 Å². The van der Waals surface area contributed by atoms with E-state index in [-0.39, 0.29) is 28.9 Å². The monoisotopic (exact) mass is 508 g/mol. The van der Waals surface area contributed by atoms with Crippen LogP contribution in [0.2, 0.25) is 0 Å². The van der Waals surface area contributed by atoms with Crippen LogP contribution in [-0.2, 0) is 14.8 Å². The number of halogens is 2. The third-order valence-electron chi connectivity index (χ3n) is 6.34. The van der Waals surface area contributed by atoms with E-state index in [1.165, 1.54) is 10.4 Å². The Morgan fingerprint density at radius 1 is 1.12 bits per heavy atom. The summed E-state index contributed by atoms with van der Waals surface area (Å²) in [6, 6.07) is 4.69. The molecule has 0 radical (unpaired) electrons. The molecule has 0 unspecified atom stereocenters. The van der Waals surface area contributed by atoms with Crippen molar-refractivity contribution in [3.63, 3.8) is 0 Å². The molecule has 8 nitrogen and oxygen atoms in total. The van der Waals surface area contributed by atoms with Crippen molar-refractivity contribution >= 4 is 33.0 Å². The first-order valence-corrected chi connectivity index (χ1v) is 13.3. The first-order chi connectivity index (χ1) is 16.3. The second-order valence-corrected chi connectivity index (χ2v) is 11.6. The molecule has 12 heteroatoms. The zero-order valence-electron chi connectivity index (χ0n) is 18.0. The fourth-order valence-corrected chi connectivity index (χ4v) is 6.83. The van der Waals surface area contributed by atoms with Crippen molar-refractivity contribution in [1.29, 1.82) is 0 Å². The molecule has 5 rings (SSSR count). The molecule has 1 aliphatic heterocycles. The lowest BCUT2D eigenvalue weighted by atomic mass is 9.85. The predicted octanol–water partition coefficient (Wildman–Crippen LogP) is 4.38. The second-order valence-electron chi connectivity index (χ2n) is 8.53. The molecule has 2 aromatic heterocycles. The molecule has 3 aromatic rings. The Morgan fingerprint density at radius 3 is 2.56 bits per heavy atom. The van der Waals surface area contributed by atoms with E-state index in [9.17, 15) is 22.0 Å². The number of hydrogen-bond acceptors (Lipinski definition) is 7. The number of aromatic nitrogens is 2. The number of nitrogens with zero attached hydrogens (tertiary/aromatic N) is 3. The maximum Gasteiger partial charge on any atom is 0.252 e. The first-order valence-electron chi connectivity index (χ1n) is 11.0. The molecule has 0 spiro atoms. The molecule has 0 bridgehead atoms. The third-order valence-corrected chi connectivity index (χ3v) is 9.65. The van der Waals surface area contributed by atoms with Crippen LogP contribution in [0.3, 0.4) is 0 Å². The molecule has 1 amide bonds. The highest BCUT2D eigenvalue weighted by Crippen LogP contribution is 2.37. The van der Waals surface area contributed by atoms with Crippen molar-refractivity contribution in [3.05, 3.63) is 47.2 Å². The van der Waals surface area contributed by atoms with E-state index in [4.69, 9.17) is 4.52 Å².